The number of hydrogen-bond acceptors (Lipinski definition) is 6. The summed E-state index contributed by atoms with van der Waals surface area (Å²) in [5.41, 5.74) is 0.699. The molecule has 116 valence electrons. The van der Waals surface area contributed by atoms with Crippen LogP contribution in [0.4, 0.5) is 0 Å². The van der Waals surface area contributed by atoms with Crippen LogP contribution in [0.5, 0.6) is 11.6 Å². The van der Waals surface area contributed by atoms with E-state index in [1.54, 1.807) is 6.20 Å². The number of pyridine rings is 1. The molecule has 3 heterocycles. The van der Waals surface area contributed by atoms with Crippen LogP contribution in [0, 0.1) is 0 Å². The van der Waals surface area contributed by atoms with Crippen LogP contribution in [0.1, 0.15) is 18.2 Å². The van der Waals surface area contributed by atoms with Crippen LogP contribution in [-0.4, -0.2) is 28.3 Å². The van der Waals surface area contributed by atoms with Crippen molar-refractivity contribution in [2.24, 2.45) is 0 Å². The SMILES string of the molecule is c1ccc(Oc2ncccc2-c2noc(C3CCOC3)n2)cc1. The van der Waals surface area contributed by atoms with E-state index in [4.69, 9.17) is 14.0 Å². The molecular weight excluding hydrogens is 294 g/mol. The van der Waals surface area contributed by atoms with E-state index in [1.165, 1.54) is 0 Å². The van der Waals surface area contributed by atoms with Crippen LogP contribution < -0.4 is 4.74 Å². The number of rotatable bonds is 4. The largest absolute Gasteiger partial charge is 0.438 e. The highest BCUT2D eigenvalue weighted by molar-refractivity contribution is 5.61. The molecule has 0 saturated carbocycles. The molecule has 23 heavy (non-hydrogen) atoms. The Morgan fingerprint density at radius 1 is 1.09 bits per heavy atom. The molecule has 1 saturated heterocycles. The monoisotopic (exact) mass is 309 g/mol. The number of ether oxygens (including phenoxy) is 2. The van der Waals surface area contributed by atoms with E-state index in [0.717, 1.165) is 13.0 Å². The highest BCUT2D eigenvalue weighted by atomic mass is 16.5. The molecule has 0 N–H and O–H groups in total. The normalized spacial score (nSPS) is 17.3. The standard InChI is InChI=1S/C17H15N3O3/c1-2-5-13(6-3-1)22-17-14(7-4-9-18-17)15-19-16(23-20-15)12-8-10-21-11-12/h1-7,9,12H,8,10-11H2. The van der Waals surface area contributed by atoms with Gasteiger partial charge < -0.3 is 14.0 Å². The fourth-order valence-corrected chi connectivity index (χ4v) is 2.48. The second-order valence-corrected chi connectivity index (χ2v) is 5.29. The lowest BCUT2D eigenvalue weighted by atomic mass is 10.1. The van der Waals surface area contributed by atoms with Crippen molar-refractivity contribution in [2.75, 3.05) is 13.2 Å². The first kappa shape index (κ1) is 13.9. The molecule has 0 bridgehead atoms. The Labute approximate surface area is 133 Å². The molecule has 4 rings (SSSR count). The molecule has 6 nitrogen and oxygen atoms in total. The van der Waals surface area contributed by atoms with Crippen LogP contribution in [0.2, 0.25) is 0 Å². The summed E-state index contributed by atoms with van der Waals surface area (Å²) < 4.78 is 16.6. The third-order valence-electron chi connectivity index (χ3n) is 3.69. The van der Waals surface area contributed by atoms with Gasteiger partial charge in [-0.3, -0.25) is 0 Å². The van der Waals surface area contributed by atoms with Crippen LogP contribution in [-0.2, 0) is 4.74 Å². The molecule has 3 aromatic rings. The van der Waals surface area contributed by atoms with Crippen LogP contribution in [0.15, 0.2) is 53.2 Å². The van der Waals surface area contributed by atoms with Crippen molar-refractivity contribution in [3.8, 4) is 23.0 Å². The Hall–Kier alpha value is -2.73. The minimum Gasteiger partial charge on any atom is -0.438 e. The summed E-state index contributed by atoms with van der Waals surface area (Å²) in [6, 6.07) is 13.2. The lowest BCUT2D eigenvalue weighted by Crippen LogP contribution is -1.98. The highest BCUT2D eigenvalue weighted by Crippen LogP contribution is 2.31. The van der Waals surface area contributed by atoms with Gasteiger partial charge in [0.1, 0.15) is 5.75 Å². The van der Waals surface area contributed by atoms with Gasteiger partial charge in [-0.05, 0) is 30.7 Å². The molecule has 0 spiro atoms. The Balaban J connectivity index is 1.64. The van der Waals surface area contributed by atoms with Crippen molar-refractivity contribution >= 4 is 0 Å². The third-order valence-corrected chi connectivity index (χ3v) is 3.69. The zero-order valence-corrected chi connectivity index (χ0v) is 12.4. The minimum absolute atomic E-state index is 0.173. The topological polar surface area (TPSA) is 70.3 Å². The van der Waals surface area contributed by atoms with Crippen molar-refractivity contribution < 1.29 is 14.0 Å². The average Bonchev–Trinajstić information content (AvgIpc) is 3.28. The van der Waals surface area contributed by atoms with Gasteiger partial charge in [-0.1, -0.05) is 23.4 Å². The Morgan fingerprint density at radius 2 is 2.00 bits per heavy atom. The second kappa shape index (κ2) is 6.18. The summed E-state index contributed by atoms with van der Waals surface area (Å²) in [5, 5.41) is 4.07. The zero-order valence-electron chi connectivity index (χ0n) is 12.4. The smallest absolute Gasteiger partial charge is 0.232 e. The highest BCUT2D eigenvalue weighted by Gasteiger charge is 2.25. The Bertz CT molecular complexity index is 783. The number of benzene rings is 1. The van der Waals surface area contributed by atoms with Crippen molar-refractivity contribution in [1.82, 2.24) is 15.1 Å². The summed E-state index contributed by atoms with van der Waals surface area (Å²) in [6.07, 6.45) is 2.58. The van der Waals surface area contributed by atoms with Crippen molar-refractivity contribution in [3.63, 3.8) is 0 Å². The van der Waals surface area contributed by atoms with Gasteiger partial charge in [-0.2, -0.15) is 4.98 Å². The van der Waals surface area contributed by atoms with Crippen molar-refractivity contribution in [3.05, 3.63) is 54.6 Å². The third kappa shape index (κ3) is 2.93. The lowest BCUT2D eigenvalue weighted by molar-refractivity contribution is 0.189. The summed E-state index contributed by atoms with van der Waals surface area (Å²) in [6.45, 7) is 1.36. The van der Waals surface area contributed by atoms with E-state index in [2.05, 4.69) is 15.1 Å². The maximum atomic E-state index is 5.84. The van der Waals surface area contributed by atoms with E-state index in [-0.39, 0.29) is 5.92 Å². The molecule has 2 aromatic heterocycles. The molecule has 6 heteroatoms. The van der Waals surface area contributed by atoms with Gasteiger partial charge in [0.2, 0.25) is 17.6 Å². The molecule has 1 unspecified atom stereocenters. The number of para-hydroxylation sites is 1. The molecule has 1 aliphatic rings. The molecule has 1 atom stereocenters. The van der Waals surface area contributed by atoms with E-state index in [0.29, 0.717) is 35.5 Å². The molecule has 1 aliphatic heterocycles. The molecule has 1 aromatic carbocycles. The Kier molecular flexibility index (Phi) is 3.73. The first-order valence-corrected chi connectivity index (χ1v) is 7.50. The summed E-state index contributed by atoms with van der Waals surface area (Å²) in [4.78, 5) is 8.78. The maximum absolute atomic E-state index is 5.84. The average molecular weight is 309 g/mol. The minimum atomic E-state index is 0.173. The molecular formula is C17H15N3O3. The maximum Gasteiger partial charge on any atom is 0.232 e. The number of aromatic nitrogens is 3. The molecule has 1 fully saturated rings. The van der Waals surface area contributed by atoms with Gasteiger partial charge in [0, 0.05) is 12.8 Å². The fourth-order valence-electron chi connectivity index (χ4n) is 2.48. The quantitative estimate of drug-likeness (QED) is 0.735. The number of nitrogens with zero attached hydrogens (tertiary/aromatic N) is 3. The lowest BCUT2D eigenvalue weighted by Gasteiger charge is -2.07. The van der Waals surface area contributed by atoms with Gasteiger partial charge in [0.25, 0.3) is 0 Å². The van der Waals surface area contributed by atoms with Crippen LogP contribution in [0.3, 0.4) is 0 Å². The van der Waals surface area contributed by atoms with E-state index >= 15 is 0 Å². The van der Waals surface area contributed by atoms with E-state index in [1.807, 2.05) is 42.5 Å². The van der Waals surface area contributed by atoms with Gasteiger partial charge in [0.05, 0.1) is 18.1 Å². The predicted octanol–water partition coefficient (Wildman–Crippen LogP) is 3.43. The van der Waals surface area contributed by atoms with Gasteiger partial charge in [-0.15, -0.1) is 0 Å². The first-order chi connectivity index (χ1) is 11.4. The Morgan fingerprint density at radius 3 is 2.83 bits per heavy atom. The van der Waals surface area contributed by atoms with E-state index in [9.17, 15) is 0 Å². The predicted molar refractivity (Wildman–Crippen MR) is 82.2 cm³/mol. The fraction of sp³-hybridized carbons (Fsp3) is 0.235. The van der Waals surface area contributed by atoms with Crippen LogP contribution >= 0.6 is 0 Å². The zero-order chi connectivity index (χ0) is 15.5. The van der Waals surface area contributed by atoms with Gasteiger partial charge in [0.15, 0.2) is 0 Å². The summed E-state index contributed by atoms with van der Waals surface area (Å²) >= 11 is 0. The van der Waals surface area contributed by atoms with Gasteiger partial charge >= 0.3 is 0 Å². The summed E-state index contributed by atoms with van der Waals surface area (Å²) in [5.74, 6) is 2.42. The van der Waals surface area contributed by atoms with E-state index < -0.39 is 0 Å². The summed E-state index contributed by atoms with van der Waals surface area (Å²) in [7, 11) is 0. The van der Waals surface area contributed by atoms with Crippen molar-refractivity contribution in [1.29, 1.82) is 0 Å². The van der Waals surface area contributed by atoms with Crippen molar-refractivity contribution in [2.45, 2.75) is 12.3 Å². The molecule has 0 radical (unpaired) electrons. The number of hydrogen-bond donors (Lipinski definition) is 0. The van der Waals surface area contributed by atoms with Gasteiger partial charge in [-0.25, -0.2) is 4.98 Å². The first-order valence-electron chi connectivity index (χ1n) is 7.50. The molecule has 0 amide bonds. The molecule has 0 aliphatic carbocycles. The second-order valence-electron chi connectivity index (χ2n) is 5.29. The van der Waals surface area contributed by atoms with Crippen LogP contribution in [0.25, 0.3) is 11.4 Å².